The lowest BCUT2D eigenvalue weighted by Crippen LogP contribution is -2.47. The van der Waals surface area contributed by atoms with Gasteiger partial charge in [0.2, 0.25) is 0 Å². The Labute approximate surface area is 122 Å². The zero-order valence-electron chi connectivity index (χ0n) is 10.2. The molecule has 0 spiro atoms. The van der Waals surface area contributed by atoms with E-state index in [1.54, 1.807) is 4.90 Å². The summed E-state index contributed by atoms with van der Waals surface area (Å²) in [5, 5.41) is 3.15. The third-order valence-corrected chi connectivity index (χ3v) is 3.01. The van der Waals surface area contributed by atoms with Gasteiger partial charge in [-0.1, -0.05) is 11.6 Å². The number of carbonyl (C=O) groups is 1. The summed E-state index contributed by atoms with van der Waals surface area (Å²) in [4.78, 5) is 13.5. The number of piperazine rings is 1. The van der Waals surface area contributed by atoms with E-state index in [1.165, 1.54) is 18.2 Å². The second-order valence-corrected chi connectivity index (χ2v) is 4.40. The predicted molar refractivity (Wildman–Crippen MR) is 73.6 cm³/mol. The van der Waals surface area contributed by atoms with Gasteiger partial charge in [-0.2, -0.15) is 0 Å². The summed E-state index contributed by atoms with van der Waals surface area (Å²) < 4.78 is 18.2. The van der Waals surface area contributed by atoms with E-state index in [0.29, 0.717) is 18.8 Å². The van der Waals surface area contributed by atoms with Gasteiger partial charge in [-0.05, 0) is 12.1 Å². The zero-order valence-corrected chi connectivity index (χ0v) is 11.8. The zero-order chi connectivity index (χ0) is 13.0. The summed E-state index contributed by atoms with van der Waals surface area (Å²) in [6.07, 6.45) is 0. The SMILES string of the molecule is Cl.O=C(COc1ccc(F)c(Cl)c1)N1CCNCC1. The first-order chi connectivity index (χ1) is 8.66. The molecule has 1 aliphatic rings. The lowest BCUT2D eigenvalue weighted by Gasteiger charge is -2.27. The molecule has 1 aromatic carbocycles. The topological polar surface area (TPSA) is 41.6 Å². The summed E-state index contributed by atoms with van der Waals surface area (Å²) in [6.45, 7) is 2.92. The minimum absolute atomic E-state index is 0. The first-order valence-electron chi connectivity index (χ1n) is 5.73. The fourth-order valence-corrected chi connectivity index (χ4v) is 1.89. The van der Waals surface area contributed by atoms with Crippen molar-refractivity contribution in [2.75, 3.05) is 32.8 Å². The Morgan fingerprint density at radius 1 is 1.42 bits per heavy atom. The average Bonchev–Trinajstić information content (AvgIpc) is 2.41. The van der Waals surface area contributed by atoms with Gasteiger partial charge >= 0.3 is 0 Å². The van der Waals surface area contributed by atoms with Crippen LogP contribution in [0.3, 0.4) is 0 Å². The summed E-state index contributed by atoms with van der Waals surface area (Å²) >= 11 is 5.62. The largest absolute Gasteiger partial charge is 0.484 e. The van der Waals surface area contributed by atoms with E-state index in [4.69, 9.17) is 16.3 Å². The predicted octanol–water partition coefficient (Wildman–Crippen LogP) is 1.71. The van der Waals surface area contributed by atoms with E-state index in [-0.39, 0.29) is 29.9 Å². The van der Waals surface area contributed by atoms with E-state index in [1.807, 2.05) is 0 Å². The smallest absolute Gasteiger partial charge is 0.260 e. The van der Waals surface area contributed by atoms with Crippen molar-refractivity contribution < 1.29 is 13.9 Å². The van der Waals surface area contributed by atoms with Crippen LogP contribution in [0.1, 0.15) is 0 Å². The molecule has 19 heavy (non-hydrogen) atoms. The van der Waals surface area contributed by atoms with E-state index in [0.717, 1.165) is 13.1 Å². The Bertz CT molecular complexity index is 440. The first-order valence-corrected chi connectivity index (χ1v) is 6.11. The Morgan fingerprint density at radius 3 is 2.74 bits per heavy atom. The lowest BCUT2D eigenvalue weighted by atomic mass is 10.3. The van der Waals surface area contributed by atoms with E-state index < -0.39 is 5.82 Å². The molecule has 1 aromatic rings. The number of nitrogens with zero attached hydrogens (tertiary/aromatic N) is 1. The fourth-order valence-electron chi connectivity index (χ4n) is 1.72. The molecule has 4 nitrogen and oxygen atoms in total. The molecular weight excluding hydrogens is 294 g/mol. The molecule has 1 heterocycles. The molecule has 1 N–H and O–H groups in total. The van der Waals surface area contributed by atoms with Crippen molar-refractivity contribution in [1.29, 1.82) is 0 Å². The minimum atomic E-state index is -0.502. The molecular formula is C12H15Cl2FN2O2. The highest BCUT2D eigenvalue weighted by Crippen LogP contribution is 2.21. The maximum absolute atomic E-state index is 12.9. The molecule has 1 saturated heterocycles. The van der Waals surface area contributed by atoms with Crippen LogP contribution in [-0.2, 0) is 4.79 Å². The third-order valence-electron chi connectivity index (χ3n) is 2.72. The van der Waals surface area contributed by atoms with Crippen LogP contribution in [0, 0.1) is 5.82 Å². The van der Waals surface area contributed by atoms with Crippen molar-refractivity contribution in [3.63, 3.8) is 0 Å². The Balaban J connectivity index is 0.00000180. The van der Waals surface area contributed by atoms with Crippen LogP contribution < -0.4 is 10.1 Å². The molecule has 106 valence electrons. The first kappa shape index (κ1) is 16.0. The van der Waals surface area contributed by atoms with Gasteiger partial charge in [0.1, 0.15) is 11.6 Å². The van der Waals surface area contributed by atoms with Gasteiger partial charge in [0, 0.05) is 32.2 Å². The van der Waals surface area contributed by atoms with Gasteiger partial charge in [-0.25, -0.2) is 4.39 Å². The molecule has 1 amide bonds. The Kier molecular flexibility index (Phi) is 6.34. The number of hydrogen-bond acceptors (Lipinski definition) is 3. The van der Waals surface area contributed by atoms with Gasteiger partial charge in [0.15, 0.2) is 6.61 Å². The van der Waals surface area contributed by atoms with Gasteiger partial charge < -0.3 is 15.0 Å². The van der Waals surface area contributed by atoms with Crippen molar-refractivity contribution >= 4 is 29.9 Å². The number of rotatable bonds is 3. The van der Waals surface area contributed by atoms with Crippen LogP contribution >= 0.6 is 24.0 Å². The normalized spacial score (nSPS) is 14.7. The molecule has 0 atom stereocenters. The van der Waals surface area contributed by atoms with Gasteiger partial charge in [0.05, 0.1) is 5.02 Å². The highest BCUT2D eigenvalue weighted by molar-refractivity contribution is 6.30. The molecule has 0 unspecified atom stereocenters. The van der Waals surface area contributed by atoms with E-state index in [9.17, 15) is 9.18 Å². The number of carbonyl (C=O) groups excluding carboxylic acids is 1. The molecule has 0 radical (unpaired) electrons. The Hall–Kier alpha value is -1.04. The number of ether oxygens (including phenoxy) is 1. The second-order valence-electron chi connectivity index (χ2n) is 4.00. The number of amides is 1. The standard InChI is InChI=1S/C12H14ClFN2O2.ClH/c13-10-7-9(1-2-11(10)14)18-8-12(17)16-5-3-15-4-6-16;/h1-2,7,15H,3-6,8H2;1H. The minimum Gasteiger partial charge on any atom is -0.484 e. The lowest BCUT2D eigenvalue weighted by molar-refractivity contribution is -0.133. The maximum Gasteiger partial charge on any atom is 0.260 e. The highest BCUT2D eigenvalue weighted by Gasteiger charge is 2.16. The number of hydrogen-bond donors (Lipinski definition) is 1. The van der Waals surface area contributed by atoms with Crippen LogP contribution in [0.15, 0.2) is 18.2 Å². The van der Waals surface area contributed by atoms with Crippen molar-refractivity contribution in [2.24, 2.45) is 0 Å². The number of nitrogens with one attached hydrogen (secondary N) is 1. The van der Waals surface area contributed by atoms with Crippen molar-refractivity contribution in [3.05, 3.63) is 29.0 Å². The van der Waals surface area contributed by atoms with Crippen LogP contribution in [0.2, 0.25) is 5.02 Å². The molecule has 0 aliphatic carbocycles. The highest BCUT2D eigenvalue weighted by atomic mass is 35.5. The van der Waals surface area contributed by atoms with Crippen LogP contribution in [-0.4, -0.2) is 43.6 Å². The second kappa shape index (κ2) is 7.53. The molecule has 2 rings (SSSR count). The number of benzene rings is 1. The monoisotopic (exact) mass is 308 g/mol. The summed E-state index contributed by atoms with van der Waals surface area (Å²) in [5.74, 6) is -0.181. The van der Waals surface area contributed by atoms with Crippen LogP contribution in [0.5, 0.6) is 5.75 Å². The molecule has 7 heteroatoms. The third kappa shape index (κ3) is 4.53. The Morgan fingerprint density at radius 2 is 2.11 bits per heavy atom. The quantitative estimate of drug-likeness (QED) is 0.924. The molecule has 1 aliphatic heterocycles. The van der Waals surface area contributed by atoms with Crippen LogP contribution in [0.25, 0.3) is 0 Å². The van der Waals surface area contributed by atoms with Gasteiger partial charge in [-0.15, -0.1) is 12.4 Å². The van der Waals surface area contributed by atoms with Crippen LogP contribution in [0.4, 0.5) is 4.39 Å². The maximum atomic E-state index is 12.9. The van der Waals surface area contributed by atoms with Crippen molar-refractivity contribution in [2.45, 2.75) is 0 Å². The van der Waals surface area contributed by atoms with E-state index in [2.05, 4.69) is 5.32 Å². The van der Waals surface area contributed by atoms with Gasteiger partial charge in [-0.3, -0.25) is 4.79 Å². The summed E-state index contributed by atoms with van der Waals surface area (Å²) in [5.41, 5.74) is 0. The fraction of sp³-hybridized carbons (Fsp3) is 0.417. The summed E-state index contributed by atoms with van der Waals surface area (Å²) in [6, 6.07) is 4.03. The molecule has 0 bridgehead atoms. The molecule has 1 fully saturated rings. The molecule has 0 aromatic heterocycles. The van der Waals surface area contributed by atoms with Crippen molar-refractivity contribution in [1.82, 2.24) is 10.2 Å². The van der Waals surface area contributed by atoms with E-state index >= 15 is 0 Å². The van der Waals surface area contributed by atoms with Crippen molar-refractivity contribution in [3.8, 4) is 5.75 Å². The number of halogens is 3. The molecule has 0 saturated carbocycles. The van der Waals surface area contributed by atoms with Gasteiger partial charge in [0.25, 0.3) is 5.91 Å². The average molecular weight is 309 g/mol. The summed E-state index contributed by atoms with van der Waals surface area (Å²) in [7, 11) is 0.